The molecule has 0 bridgehead atoms. The number of rotatable bonds is 5. The van der Waals surface area contributed by atoms with Crippen LogP contribution in [0.15, 0.2) is 18.6 Å². The van der Waals surface area contributed by atoms with E-state index in [0.29, 0.717) is 18.5 Å². The summed E-state index contributed by atoms with van der Waals surface area (Å²) in [6.07, 6.45) is 4.80. The van der Waals surface area contributed by atoms with E-state index in [0.717, 1.165) is 23.5 Å². The van der Waals surface area contributed by atoms with Crippen LogP contribution in [0.3, 0.4) is 0 Å². The maximum absolute atomic E-state index is 12.1. The standard InChI is InChI=1S/C13H17N5O/c1-3-12-11(6-9(2)17-18-12)13(19)15-5-4-10-7-14-8-16-10/h6-8H,3-5H2,1-2H3,(H,14,16)(H,15,19). The lowest BCUT2D eigenvalue weighted by Gasteiger charge is -2.08. The fourth-order valence-electron chi connectivity index (χ4n) is 1.80. The second-order valence-electron chi connectivity index (χ2n) is 4.28. The molecule has 0 saturated heterocycles. The van der Waals surface area contributed by atoms with E-state index in [4.69, 9.17) is 0 Å². The predicted octanol–water partition coefficient (Wildman–Crippen LogP) is 1.04. The molecule has 0 radical (unpaired) electrons. The number of carbonyl (C=O) groups excluding carboxylic acids is 1. The largest absolute Gasteiger partial charge is 0.352 e. The molecule has 0 aliphatic heterocycles. The van der Waals surface area contributed by atoms with Crippen molar-refractivity contribution in [1.82, 2.24) is 25.5 Å². The summed E-state index contributed by atoms with van der Waals surface area (Å²) in [6.45, 7) is 4.35. The Morgan fingerprint density at radius 1 is 1.42 bits per heavy atom. The van der Waals surface area contributed by atoms with Gasteiger partial charge in [0.2, 0.25) is 0 Å². The minimum atomic E-state index is -0.102. The van der Waals surface area contributed by atoms with Gasteiger partial charge in [0.1, 0.15) is 0 Å². The molecule has 2 N–H and O–H groups in total. The van der Waals surface area contributed by atoms with Crippen molar-refractivity contribution in [3.63, 3.8) is 0 Å². The van der Waals surface area contributed by atoms with Crippen LogP contribution in [0.5, 0.6) is 0 Å². The van der Waals surface area contributed by atoms with E-state index in [1.807, 2.05) is 13.8 Å². The van der Waals surface area contributed by atoms with Gasteiger partial charge in [-0.05, 0) is 19.4 Å². The Morgan fingerprint density at radius 3 is 2.95 bits per heavy atom. The lowest BCUT2D eigenvalue weighted by Crippen LogP contribution is -2.27. The molecule has 0 aliphatic rings. The molecule has 19 heavy (non-hydrogen) atoms. The Bertz CT molecular complexity index is 550. The van der Waals surface area contributed by atoms with Crippen molar-refractivity contribution in [3.8, 4) is 0 Å². The first-order valence-corrected chi connectivity index (χ1v) is 6.29. The van der Waals surface area contributed by atoms with Crippen LogP contribution >= 0.6 is 0 Å². The number of aromatic amines is 1. The molecule has 1 amide bonds. The van der Waals surface area contributed by atoms with Gasteiger partial charge >= 0.3 is 0 Å². The molecule has 0 unspecified atom stereocenters. The highest BCUT2D eigenvalue weighted by atomic mass is 16.1. The Labute approximate surface area is 111 Å². The molecular formula is C13H17N5O. The molecule has 2 rings (SSSR count). The number of nitrogens with one attached hydrogen (secondary N) is 2. The average molecular weight is 259 g/mol. The van der Waals surface area contributed by atoms with Crippen LogP contribution < -0.4 is 5.32 Å². The Kier molecular flexibility index (Phi) is 4.22. The Balaban J connectivity index is 1.97. The summed E-state index contributed by atoms with van der Waals surface area (Å²) >= 11 is 0. The second-order valence-corrected chi connectivity index (χ2v) is 4.28. The zero-order valence-electron chi connectivity index (χ0n) is 11.1. The minimum Gasteiger partial charge on any atom is -0.352 e. The Morgan fingerprint density at radius 2 is 2.26 bits per heavy atom. The summed E-state index contributed by atoms with van der Waals surface area (Å²) in [5.74, 6) is -0.102. The molecule has 2 heterocycles. The van der Waals surface area contributed by atoms with E-state index in [1.165, 1.54) is 0 Å². The van der Waals surface area contributed by atoms with E-state index in [1.54, 1.807) is 18.6 Å². The second kappa shape index (κ2) is 6.08. The Hall–Kier alpha value is -2.24. The fourth-order valence-corrected chi connectivity index (χ4v) is 1.80. The summed E-state index contributed by atoms with van der Waals surface area (Å²) in [5, 5.41) is 10.9. The van der Waals surface area contributed by atoms with Gasteiger partial charge in [0.25, 0.3) is 5.91 Å². The molecule has 100 valence electrons. The molecular weight excluding hydrogens is 242 g/mol. The van der Waals surface area contributed by atoms with Gasteiger partial charge in [-0.25, -0.2) is 4.98 Å². The van der Waals surface area contributed by atoms with E-state index in [9.17, 15) is 4.79 Å². The van der Waals surface area contributed by atoms with Crippen molar-refractivity contribution in [3.05, 3.63) is 41.2 Å². The van der Waals surface area contributed by atoms with Crippen LogP contribution in [-0.2, 0) is 12.8 Å². The smallest absolute Gasteiger partial charge is 0.253 e. The number of hydrogen-bond donors (Lipinski definition) is 2. The van der Waals surface area contributed by atoms with Gasteiger partial charge in [-0.2, -0.15) is 10.2 Å². The summed E-state index contributed by atoms with van der Waals surface area (Å²) < 4.78 is 0. The third kappa shape index (κ3) is 3.37. The summed E-state index contributed by atoms with van der Waals surface area (Å²) in [7, 11) is 0. The topological polar surface area (TPSA) is 83.6 Å². The number of nitrogens with zero attached hydrogens (tertiary/aromatic N) is 3. The van der Waals surface area contributed by atoms with Gasteiger partial charge in [-0.1, -0.05) is 6.92 Å². The lowest BCUT2D eigenvalue weighted by molar-refractivity contribution is 0.0952. The third-order valence-electron chi connectivity index (χ3n) is 2.81. The zero-order valence-corrected chi connectivity index (χ0v) is 11.1. The normalized spacial score (nSPS) is 10.4. The minimum absolute atomic E-state index is 0.102. The molecule has 2 aromatic heterocycles. The van der Waals surface area contributed by atoms with Crippen LogP contribution in [0.4, 0.5) is 0 Å². The first-order valence-electron chi connectivity index (χ1n) is 6.29. The van der Waals surface area contributed by atoms with Crippen LogP contribution in [-0.4, -0.2) is 32.6 Å². The first kappa shape index (κ1) is 13.2. The average Bonchev–Trinajstić information content (AvgIpc) is 2.91. The molecule has 0 aromatic carbocycles. The number of imidazole rings is 1. The monoisotopic (exact) mass is 259 g/mol. The highest BCUT2D eigenvalue weighted by Crippen LogP contribution is 2.07. The van der Waals surface area contributed by atoms with Crippen LogP contribution in [0.25, 0.3) is 0 Å². The van der Waals surface area contributed by atoms with Crippen molar-refractivity contribution >= 4 is 5.91 Å². The third-order valence-corrected chi connectivity index (χ3v) is 2.81. The summed E-state index contributed by atoms with van der Waals surface area (Å²) in [5.41, 5.74) is 3.08. The van der Waals surface area contributed by atoms with Crippen molar-refractivity contribution in [2.45, 2.75) is 26.7 Å². The molecule has 0 spiro atoms. The number of amides is 1. The maximum Gasteiger partial charge on any atom is 0.253 e. The van der Waals surface area contributed by atoms with Gasteiger partial charge < -0.3 is 10.3 Å². The number of H-pyrrole nitrogens is 1. The van der Waals surface area contributed by atoms with Gasteiger partial charge in [-0.15, -0.1) is 0 Å². The molecule has 0 saturated carbocycles. The number of carbonyl (C=O) groups is 1. The van der Waals surface area contributed by atoms with Crippen LogP contribution in [0.1, 0.15) is 34.4 Å². The summed E-state index contributed by atoms with van der Waals surface area (Å²) in [6, 6.07) is 1.78. The van der Waals surface area contributed by atoms with Gasteiger partial charge in [0.15, 0.2) is 0 Å². The quantitative estimate of drug-likeness (QED) is 0.840. The highest BCUT2D eigenvalue weighted by molar-refractivity contribution is 5.95. The van der Waals surface area contributed by atoms with E-state index in [-0.39, 0.29) is 5.91 Å². The van der Waals surface area contributed by atoms with E-state index >= 15 is 0 Å². The van der Waals surface area contributed by atoms with E-state index < -0.39 is 0 Å². The lowest BCUT2D eigenvalue weighted by atomic mass is 10.1. The number of hydrogen-bond acceptors (Lipinski definition) is 4. The van der Waals surface area contributed by atoms with Crippen LogP contribution in [0, 0.1) is 6.92 Å². The number of aromatic nitrogens is 4. The van der Waals surface area contributed by atoms with Crippen molar-refractivity contribution in [2.75, 3.05) is 6.54 Å². The molecule has 2 aromatic rings. The van der Waals surface area contributed by atoms with Gasteiger partial charge in [-0.3, -0.25) is 4.79 Å². The number of aryl methyl sites for hydroxylation is 2. The van der Waals surface area contributed by atoms with Gasteiger partial charge in [0, 0.05) is 24.9 Å². The van der Waals surface area contributed by atoms with Crippen molar-refractivity contribution in [1.29, 1.82) is 0 Å². The highest BCUT2D eigenvalue weighted by Gasteiger charge is 2.12. The zero-order chi connectivity index (χ0) is 13.7. The van der Waals surface area contributed by atoms with Crippen molar-refractivity contribution < 1.29 is 4.79 Å². The maximum atomic E-state index is 12.1. The first-order chi connectivity index (χ1) is 9.20. The molecule has 6 nitrogen and oxygen atoms in total. The molecule has 0 atom stereocenters. The SMILES string of the molecule is CCc1nnc(C)cc1C(=O)NCCc1cnc[nH]1. The molecule has 0 fully saturated rings. The predicted molar refractivity (Wildman–Crippen MR) is 70.8 cm³/mol. The molecule has 6 heteroatoms. The summed E-state index contributed by atoms with van der Waals surface area (Å²) in [4.78, 5) is 19.0. The fraction of sp³-hybridized carbons (Fsp3) is 0.385. The van der Waals surface area contributed by atoms with Crippen LogP contribution in [0.2, 0.25) is 0 Å². The van der Waals surface area contributed by atoms with Crippen molar-refractivity contribution in [2.24, 2.45) is 0 Å². The van der Waals surface area contributed by atoms with E-state index in [2.05, 4.69) is 25.5 Å². The molecule has 0 aliphatic carbocycles. The van der Waals surface area contributed by atoms with Gasteiger partial charge in [0.05, 0.1) is 23.3 Å².